The zero-order chi connectivity index (χ0) is 18.2. The van der Waals surface area contributed by atoms with Crippen LogP contribution in [0.15, 0.2) is 48.5 Å². The molecular weight excluding hydrogens is 320 g/mol. The van der Waals surface area contributed by atoms with E-state index in [9.17, 15) is 9.59 Å². The highest BCUT2D eigenvalue weighted by molar-refractivity contribution is 5.98. The number of carbonyl (C=O) groups is 2. The Morgan fingerprint density at radius 3 is 2.40 bits per heavy atom. The van der Waals surface area contributed by atoms with E-state index in [1.807, 2.05) is 13.0 Å². The highest BCUT2D eigenvalue weighted by Crippen LogP contribution is 2.27. The van der Waals surface area contributed by atoms with Gasteiger partial charge >= 0.3 is 0 Å². The third-order valence-corrected chi connectivity index (χ3v) is 3.41. The van der Waals surface area contributed by atoms with Crippen LogP contribution in [0.3, 0.4) is 0 Å². The maximum atomic E-state index is 11.9. The smallest absolute Gasteiger partial charge is 0.269 e. The fourth-order valence-corrected chi connectivity index (χ4v) is 2.15. The van der Waals surface area contributed by atoms with E-state index in [1.165, 1.54) is 6.08 Å². The van der Waals surface area contributed by atoms with Crippen LogP contribution in [0, 0.1) is 6.92 Å². The maximum absolute atomic E-state index is 11.9. The van der Waals surface area contributed by atoms with Crippen molar-refractivity contribution in [1.29, 1.82) is 0 Å². The van der Waals surface area contributed by atoms with Gasteiger partial charge in [-0.25, -0.2) is 0 Å². The first-order valence-corrected chi connectivity index (χ1v) is 7.60. The lowest BCUT2D eigenvalue weighted by Crippen LogP contribution is -2.40. The largest absolute Gasteiger partial charge is 0.493 e. The van der Waals surface area contributed by atoms with Gasteiger partial charge < -0.3 is 9.47 Å². The van der Waals surface area contributed by atoms with Crippen molar-refractivity contribution in [2.75, 3.05) is 14.2 Å². The van der Waals surface area contributed by atoms with Crippen molar-refractivity contribution < 1.29 is 19.1 Å². The molecule has 0 saturated carbocycles. The minimum absolute atomic E-state index is 0.378. The molecule has 2 N–H and O–H groups in total. The van der Waals surface area contributed by atoms with Crippen molar-refractivity contribution in [1.82, 2.24) is 10.9 Å². The Morgan fingerprint density at radius 1 is 0.960 bits per heavy atom. The number of amides is 2. The molecule has 0 spiro atoms. The van der Waals surface area contributed by atoms with Crippen LogP contribution in [0.1, 0.15) is 21.5 Å². The van der Waals surface area contributed by atoms with Crippen LogP contribution in [0.2, 0.25) is 0 Å². The summed E-state index contributed by atoms with van der Waals surface area (Å²) in [4.78, 5) is 23.8. The first kappa shape index (κ1) is 18.1. The molecule has 0 unspecified atom stereocenters. The van der Waals surface area contributed by atoms with Gasteiger partial charge in [-0.15, -0.1) is 0 Å². The molecular formula is C19H20N2O4. The summed E-state index contributed by atoms with van der Waals surface area (Å²) in [5, 5.41) is 0. The molecule has 0 heterocycles. The van der Waals surface area contributed by atoms with Gasteiger partial charge in [0.1, 0.15) is 0 Å². The normalized spacial score (nSPS) is 10.4. The van der Waals surface area contributed by atoms with Gasteiger partial charge in [0.15, 0.2) is 11.5 Å². The van der Waals surface area contributed by atoms with E-state index in [1.54, 1.807) is 56.7 Å². The molecule has 2 rings (SSSR count). The number of benzene rings is 2. The van der Waals surface area contributed by atoms with Gasteiger partial charge in [0.25, 0.3) is 11.8 Å². The van der Waals surface area contributed by atoms with Crippen LogP contribution >= 0.6 is 0 Å². The summed E-state index contributed by atoms with van der Waals surface area (Å²) < 4.78 is 10.4. The number of ether oxygens (including phenoxy) is 2. The fraction of sp³-hybridized carbons (Fsp3) is 0.158. The van der Waals surface area contributed by atoms with E-state index in [2.05, 4.69) is 10.9 Å². The lowest BCUT2D eigenvalue weighted by atomic mass is 10.1. The minimum Gasteiger partial charge on any atom is -0.493 e. The number of carbonyl (C=O) groups excluding carboxylic acids is 2. The van der Waals surface area contributed by atoms with Crippen LogP contribution in [0.5, 0.6) is 11.5 Å². The summed E-state index contributed by atoms with van der Waals surface area (Å²) in [5.41, 5.74) is 6.91. The number of hydrazine groups is 1. The van der Waals surface area contributed by atoms with Crippen molar-refractivity contribution in [2.45, 2.75) is 6.92 Å². The van der Waals surface area contributed by atoms with Crippen molar-refractivity contribution in [3.05, 3.63) is 65.2 Å². The zero-order valence-corrected chi connectivity index (χ0v) is 14.3. The molecule has 0 aromatic heterocycles. The van der Waals surface area contributed by atoms with Crippen molar-refractivity contribution >= 4 is 17.9 Å². The van der Waals surface area contributed by atoms with Crippen LogP contribution in [-0.2, 0) is 4.79 Å². The molecule has 0 aliphatic carbocycles. The summed E-state index contributed by atoms with van der Waals surface area (Å²) in [6.07, 6.45) is 2.92. The highest BCUT2D eigenvalue weighted by atomic mass is 16.5. The second-order valence-electron chi connectivity index (χ2n) is 5.26. The second-order valence-corrected chi connectivity index (χ2v) is 5.26. The number of hydrogen-bond acceptors (Lipinski definition) is 4. The summed E-state index contributed by atoms with van der Waals surface area (Å²) >= 11 is 0. The predicted molar refractivity (Wildman–Crippen MR) is 95.4 cm³/mol. The van der Waals surface area contributed by atoms with Crippen LogP contribution in [0.25, 0.3) is 6.08 Å². The molecule has 25 heavy (non-hydrogen) atoms. The van der Waals surface area contributed by atoms with E-state index in [0.717, 1.165) is 11.1 Å². The van der Waals surface area contributed by atoms with Gasteiger partial charge in [0, 0.05) is 11.6 Å². The first-order valence-electron chi connectivity index (χ1n) is 7.60. The van der Waals surface area contributed by atoms with Crippen LogP contribution in [-0.4, -0.2) is 26.0 Å². The molecule has 0 aliphatic heterocycles. The van der Waals surface area contributed by atoms with Crippen molar-refractivity contribution in [3.8, 4) is 11.5 Å². The Labute approximate surface area is 146 Å². The molecule has 2 aromatic rings. The Hall–Kier alpha value is -3.28. The summed E-state index contributed by atoms with van der Waals surface area (Å²) in [6.45, 7) is 1.89. The topological polar surface area (TPSA) is 76.7 Å². The van der Waals surface area contributed by atoms with Crippen LogP contribution in [0.4, 0.5) is 0 Å². The van der Waals surface area contributed by atoms with E-state index < -0.39 is 5.91 Å². The van der Waals surface area contributed by atoms with Gasteiger partial charge in [-0.1, -0.05) is 23.8 Å². The maximum Gasteiger partial charge on any atom is 0.269 e. The molecule has 6 heteroatoms. The average Bonchev–Trinajstić information content (AvgIpc) is 2.64. The Morgan fingerprint density at radius 2 is 1.72 bits per heavy atom. The van der Waals surface area contributed by atoms with Crippen LogP contribution < -0.4 is 20.3 Å². The van der Waals surface area contributed by atoms with Crippen molar-refractivity contribution in [3.63, 3.8) is 0 Å². The summed E-state index contributed by atoms with van der Waals surface area (Å²) in [7, 11) is 3.09. The van der Waals surface area contributed by atoms with E-state index in [4.69, 9.17) is 9.47 Å². The van der Waals surface area contributed by atoms with Crippen molar-refractivity contribution in [2.24, 2.45) is 0 Å². The van der Waals surface area contributed by atoms with Gasteiger partial charge in [0.05, 0.1) is 14.2 Å². The molecule has 0 fully saturated rings. The first-order chi connectivity index (χ1) is 12.0. The number of aryl methyl sites for hydroxylation is 1. The minimum atomic E-state index is -0.448. The Balaban J connectivity index is 1.93. The Bertz CT molecular complexity index is 800. The predicted octanol–water partition coefficient (Wildman–Crippen LogP) is 2.49. The molecule has 130 valence electrons. The van der Waals surface area contributed by atoms with E-state index >= 15 is 0 Å². The van der Waals surface area contributed by atoms with Gasteiger partial charge in [-0.3, -0.25) is 20.4 Å². The quantitative estimate of drug-likeness (QED) is 0.648. The fourth-order valence-electron chi connectivity index (χ4n) is 2.15. The summed E-state index contributed by atoms with van der Waals surface area (Å²) in [6, 6.07) is 12.4. The second kappa shape index (κ2) is 8.54. The molecule has 0 atom stereocenters. The summed E-state index contributed by atoms with van der Waals surface area (Å²) in [5.74, 6) is 0.347. The van der Waals surface area contributed by atoms with Gasteiger partial charge in [-0.05, 0) is 42.8 Å². The molecule has 2 aromatic carbocycles. The molecule has 0 aliphatic rings. The number of hydrogen-bond donors (Lipinski definition) is 2. The molecule has 6 nitrogen and oxygen atoms in total. The average molecular weight is 340 g/mol. The molecule has 0 saturated heterocycles. The third kappa shape index (κ3) is 5.10. The monoisotopic (exact) mass is 340 g/mol. The SMILES string of the molecule is COc1ccc(C=CC(=O)NNC(=O)c2cccc(C)c2)cc1OC. The number of rotatable bonds is 5. The lowest BCUT2D eigenvalue weighted by Gasteiger charge is -2.08. The number of nitrogens with one attached hydrogen (secondary N) is 2. The highest BCUT2D eigenvalue weighted by Gasteiger charge is 2.06. The molecule has 0 bridgehead atoms. The third-order valence-electron chi connectivity index (χ3n) is 3.41. The van der Waals surface area contributed by atoms with Gasteiger partial charge in [0.2, 0.25) is 0 Å². The van der Waals surface area contributed by atoms with E-state index in [0.29, 0.717) is 17.1 Å². The zero-order valence-electron chi connectivity index (χ0n) is 14.3. The lowest BCUT2D eigenvalue weighted by molar-refractivity contribution is -0.117. The van der Waals surface area contributed by atoms with E-state index in [-0.39, 0.29) is 5.91 Å². The Kier molecular flexibility index (Phi) is 6.17. The number of methoxy groups -OCH3 is 2. The van der Waals surface area contributed by atoms with Gasteiger partial charge in [-0.2, -0.15) is 0 Å². The molecule has 0 radical (unpaired) electrons. The standard InChI is InChI=1S/C19H20N2O4/c1-13-5-4-6-15(11-13)19(23)21-20-18(22)10-8-14-7-9-16(24-2)17(12-14)25-3/h4-12H,1-3H3,(H,20,22)(H,21,23). The molecule has 2 amide bonds.